The van der Waals surface area contributed by atoms with Crippen molar-refractivity contribution in [2.45, 2.75) is 43.8 Å². The average molecular weight is 465 g/mol. The number of nitrogens with one attached hydrogen (secondary N) is 2. The fourth-order valence-electron chi connectivity index (χ4n) is 4.48. The number of rotatable bonds is 6. The van der Waals surface area contributed by atoms with Gasteiger partial charge in [-0.25, -0.2) is 17.9 Å². The predicted octanol–water partition coefficient (Wildman–Crippen LogP) is 0.797. The van der Waals surface area contributed by atoms with Gasteiger partial charge >= 0.3 is 6.03 Å². The summed E-state index contributed by atoms with van der Waals surface area (Å²) in [6, 6.07) is 1.61. The van der Waals surface area contributed by atoms with Crippen molar-refractivity contribution in [3.8, 4) is 0 Å². The van der Waals surface area contributed by atoms with Gasteiger partial charge < -0.3 is 5.32 Å². The van der Waals surface area contributed by atoms with E-state index in [0.717, 1.165) is 44.2 Å². The van der Waals surface area contributed by atoms with E-state index in [2.05, 4.69) is 16.1 Å². The maximum Gasteiger partial charge on any atom is 0.332 e. The number of fused-ring (bicyclic) bond motifs is 2. The Labute approximate surface area is 217 Å². The molecule has 0 saturated carbocycles. The Morgan fingerprint density at radius 1 is 1.14 bits per heavy atom. The van der Waals surface area contributed by atoms with Crippen LogP contribution in [0.5, 0.6) is 0 Å². The maximum absolute atomic E-state index is 12.5. The van der Waals surface area contributed by atoms with Crippen LogP contribution in [-0.4, -0.2) is 112 Å². The van der Waals surface area contributed by atoms with Crippen molar-refractivity contribution in [2.75, 3.05) is 37.0 Å². The van der Waals surface area contributed by atoms with Crippen LogP contribution >= 0.6 is 0 Å². The summed E-state index contributed by atoms with van der Waals surface area (Å²) in [7, 11) is -4.61. The van der Waals surface area contributed by atoms with Gasteiger partial charge in [-0.15, -0.1) is 0 Å². The molecule has 4 rings (SSSR count). The van der Waals surface area contributed by atoms with E-state index >= 15 is 0 Å². The second-order valence-corrected chi connectivity index (χ2v) is 11.5. The zero-order valence-corrected chi connectivity index (χ0v) is 21.9. The van der Waals surface area contributed by atoms with Crippen molar-refractivity contribution in [1.82, 2.24) is 9.62 Å². The summed E-state index contributed by atoms with van der Waals surface area (Å²) < 4.78 is 38.4. The molecule has 2 N–H and O–H groups in total. The second kappa shape index (κ2) is 9.77. The summed E-state index contributed by atoms with van der Waals surface area (Å²) in [6.07, 6.45) is 7.70. The zero-order valence-electron chi connectivity index (χ0n) is 17.1. The molecule has 1 radical (unpaired) electrons. The zero-order chi connectivity index (χ0) is 19.9. The summed E-state index contributed by atoms with van der Waals surface area (Å²) in [5, 5.41) is 2.27. The SMILES string of the molecule is CS(=O)CCN1CC(S(=O)(=O)NC(=O)Nc2c3c(cc4c2CCC4)CCC3)C1.[K]. The Balaban J connectivity index is 0.00000240. The number of nitrogens with zero attached hydrogens (tertiary/aromatic N) is 1. The van der Waals surface area contributed by atoms with Crippen LogP contribution in [0.25, 0.3) is 0 Å². The normalized spacial score (nSPS) is 19.6. The molecule has 29 heavy (non-hydrogen) atoms. The third-order valence-corrected chi connectivity index (χ3v) is 8.41. The number of anilines is 1. The summed E-state index contributed by atoms with van der Waals surface area (Å²) in [5.74, 6) is 0.533. The molecule has 3 aliphatic rings. The molecule has 10 heteroatoms. The largest absolute Gasteiger partial charge is 0.332 e. The predicted molar refractivity (Wildman–Crippen MR) is 116 cm³/mol. The number of aryl methyl sites for hydroxylation is 2. The molecule has 1 fully saturated rings. The van der Waals surface area contributed by atoms with Gasteiger partial charge in [-0.3, -0.25) is 9.11 Å². The molecular formula is C19H27KN3O4S2. The van der Waals surface area contributed by atoms with Gasteiger partial charge in [0, 0.05) is 99.5 Å². The molecule has 1 aromatic carbocycles. The molecule has 0 spiro atoms. The Hall–Kier alpha value is 0.186. The maximum atomic E-state index is 12.5. The van der Waals surface area contributed by atoms with Crippen LogP contribution in [0.2, 0.25) is 0 Å². The van der Waals surface area contributed by atoms with Gasteiger partial charge in [0.1, 0.15) is 5.25 Å². The van der Waals surface area contributed by atoms with Crippen molar-refractivity contribution in [2.24, 2.45) is 0 Å². The number of sulfonamides is 1. The molecule has 0 bridgehead atoms. The van der Waals surface area contributed by atoms with Crippen molar-refractivity contribution in [3.05, 3.63) is 28.3 Å². The second-order valence-electron chi connectivity index (χ2n) is 7.99. The first kappa shape index (κ1) is 23.8. The van der Waals surface area contributed by atoms with E-state index in [4.69, 9.17) is 0 Å². The number of hydrogen-bond donors (Lipinski definition) is 2. The van der Waals surface area contributed by atoms with Gasteiger partial charge in [0.25, 0.3) is 0 Å². The minimum atomic E-state index is -3.72. The fraction of sp³-hybridized carbons (Fsp3) is 0.632. The van der Waals surface area contributed by atoms with E-state index in [1.165, 1.54) is 22.3 Å². The molecule has 7 nitrogen and oxygen atoms in total. The van der Waals surface area contributed by atoms with E-state index in [1.807, 2.05) is 4.90 Å². The third-order valence-electron chi connectivity index (χ3n) is 6.00. The molecule has 0 aromatic heterocycles. The quantitative estimate of drug-likeness (QED) is 0.607. The minimum Gasteiger partial charge on any atom is -0.307 e. The topological polar surface area (TPSA) is 95.6 Å². The van der Waals surface area contributed by atoms with Crippen LogP contribution in [0.3, 0.4) is 0 Å². The molecule has 2 aliphatic carbocycles. The van der Waals surface area contributed by atoms with Crippen molar-refractivity contribution < 1.29 is 17.4 Å². The smallest absolute Gasteiger partial charge is 0.307 e. The molecule has 1 aromatic rings. The molecule has 1 aliphatic heterocycles. The summed E-state index contributed by atoms with van der Waals surface area (Å²) in [4.78, 5) is 14.5. The van der Waals surface area contributed by atoms with Crippen LogP contribution in [0.15, 0.2) is 6.07 Å². The van der Waals surface area contributed by atoms with Gasteiger partial charge in [0.2, 0.25) is 10.0 Å². The van der Waals surface area contributed by atoms with Crippen molar-refractivity contribution in [3.63, 3.8) is 0 Å². The standard InChI is InChI=1S/C19H27N3O4S2.K/c1-27(24)9-8-22-11-15(12-22)28(25,26)21-19(23)20-18-16-6-2-4-13(16)10-14-5-3-7-17(14)18;/h10,15H,2-9,11-12H2,1H3,(H2,20,21,23);. The Bertz CT molecular complexity index is 898. The minimum absolute atomic E-state index is 0. The molecule has 1 saturated heterocycles. The summed E-state index contributed by atoms with van der Waals surface area (Å²) in [5.41, 5.74) is 5.78. The third kappa shape index (κ3) is 5.34. The molecular weight excluding hydrogens is 437 g/mol. The first-order valence-electron chi connectivity index (χ1n) is 9.85. The number of benzene rings is 1. The monoisotopic (exact) mass is 464 g/mol. The van der Waals surface area contributed by atoms with E-state index in [-0.39, 0.29) is 51.4 Å². The number of amides is 2. The van der Waals surface area contributed by atoms with Crippen molar-refractivity contribution >= 4 is 83.9 Å². The molecule has 1 atom stereocenters. The molecule has 1 heterocycles. The van der Waals surface area contributed by atoms with Gasteiger partial charge in [0.05, 0.1) is 0 Å². The van der Waals surface area contributed by atoms with Crippen LogP contribution in [-0.2, 0) is 46.5 Å². The average Bonchev–Trinajstić information content (AvgIpc) is 3.20. The van der Waals surface area contributed by atoms with E-state index in [9.17, 15) is 17.4 Å². The Morgan fingerprint density at radius 2 is 1.72 bits per heavy atom. The van der Waals surface area contributed by atoms with Crippen LogP contribution in [0, 0.1) is 0 Å². The molecule has 2 amide bonds. The van der Waals surface area contributed by atoms with Crippen LogP contribution < -0.4 is 10.0 Å². The van der Waals surface area contributed by atoms with Crippen molar-refractivity contribution in [1.29, 1.82) is 0 Å². The van der Waals surface area contributed by atoms with E-state index < -0.39 is 32.1 Å². The first-order chi connectivity index (χ1) is 13.3. The fourth-order valence-corrected chi connectivity index (χ4v) is 6.28. The molecule has 155 valence electrons. The van der Waals surface area contributed by atoms with Gasteiger partial charge in [-0.05, 0) is 60.8 Å². The Morgan fingerprint density at radius 3 is 2.28 bits per heavy atom. The molecule has 1 unspecified atom stereocenters. The van der Waals surface area contributed by atoms with Gasteiger partial charge in [-0.2, -0.15) is 0 Å². The van der Waals surface area contributed by atoms with E-state index in [0.29, 0.717) is 25.4 Å². The first-order valence-corrected chi connectivity index (χ1v) is 13.1. The van der Waals surface area contributed by atoms with Gasteiger partial charge in [0.15, 0.2) is 0 Å². The number of likely N-dealkylation sites (tertiary alicyclic amines) is 1. The number of urea groups is 1. The summed E-state index contributed by atoms with van der Waals surface area (Å²) in [6.45, 7) is 1.36. The number of carbonyl (C=O) groups is 1. The number of carbonyl (C=O) groups excluding carboxylic acids is 1. The van der Waals surface area contributed by atoms with Crippen LogP contribution in [0.4, 0.5) is 10.5 Å². The summed E-state index contributed by atoms with van der Waals surface area (Å²) >= 11 is 0. The van der Waals surface area contributed by atoms with Gasteiger partial charge in [-0.1, -0.05) is 6.07 Å². The Kier molecular flexibility index (Phi) is 8.03. The number of hydrogen-bond acceptors (Lipinski definition) is 5. The van der Waals surface area contributed by atoms with Crippen LogP contribution in [0.1, 0.15) is 35.1 Å². The van der Waals surface area contributed by atoms with E-state index in [1.54, 1.807) is 6.26 Å².